The van der Waals surface area contributed by atoms with Crippen LogP contribution in [-0.4, -0.2) is 16.0 Å². The molecule has 1 aromatic carbocycles. The number of benzene rings is 1. The normalized spacial score (nSPS) is 11.1. The molecule has 1 N–H and O–H groups in total. The Morgan fingerprint density at radius 3 is 2.38 bits per heavy atom. The molecule has 0 bridgehead atoms. The maximum atomic E-state index is 11.9. The first-order chi connectivity index (χ1) is 9.97. The molecule has 1 heterocycles. The Balaban J connectivity index is 2.36. The van der Waals surface area contributed by atoms with Gasteiger partial charge in [-0.15, -0.1) is 0 Å². The second-order valence-corrected chi connectivity index (χ2v) is 5.85. The van der Waals surface area contributed by atoms with Gasteiger partial charge in [-0.25, -0.2) is 4.98 Å². The van der Waals surface area contributed by atoms with E-state index in [4.69, 9.17) is 0 Å². The number of nitrogens with one attached hydrogen (secondary N) is 1. The second kappa shape index (κ2) is 6.57. The van der Waals surface area contributed by atoms with Crippen LogP contribution in [-0.2, 0) is 6.54 Å². The van der Waals surface area contributed by atoms with E-state index >= 15 is 0 Å². The summed E-state index contributed by atoms with van der Waals surface area (Å²) in [6.07, 6.45) is 0. The second-order valence-electron chi connectivity index (χ2n) is 5.85. The summed E-state index contributed by atoms with van der Waals surface area (Å²) in [6.45, 7) is 9.02. The average Bonchev–Trinajstić information content (AvgIpc) is 2.44. The molecule has 0 unspecified atom stereocenters. The van der Waals surface area contributed by atoms with Crippen LogP contribution in [0.25, 0.3) is 0 Å². The Hall–Kier alpha value is -2.10. The Kier molecular flexibility index (Phi) is 4.78. The molecular weight excluding hydrogens is 262 g/mol. The topological polar surface area (TPSA) is 49.0 Å². The lowest BCUT2D eigenvalue weighted by atomic mass is 10.2. The van der Waals surface area contributed by atoms with Crippen LogP contribution in [0.3, 0.4) is 0 Å². The molecule has 0 saturated carbocycles. The highest BCUT2D eigenvalue weighted by molar-refractivity contribution is 5.40. The summed E-state index contributed by atoms with van der Waals surface area (Å²) in [5, 5.41) is 0. The van der Waals surface area contributed by atoms with E-state index in [-0.39, 0.29) is 17.5 Å². The summed E-state index contributed by atoms with van der Waals surface area (Å²) in [5.74, 6) is 1.67. The van der Waals surface area contributed by atoms with Crippen molar-refractivity contribution in [1.82, 2.24) is 9.97 Å². The lowest BCUT2D eigenvalue weighted by Crippen LogP contribution is -2.32. The van der Waals surface area contributed by atoms with E-state index in [1.807, 2.05) is 32.0 Å². The molecule has 0 radical (unpaired) electrons. The van der Waals surface area contributed by atoms with E-state index in [0.29, 0.717) is 0 Å². The quantitative estimate of drug-likeness (QED) is 0.917. The lowest BCUT2D eigenvalue weighted by molar-refractivity contribution is 0.660. The highest BCUT2D eigenvalue weighted by Crippen LogP contribution is 2.18. The van der Waals surface area contributed by atoms with Crippen molar-refractivity contribution >= 4 is 5.82 Å². The van der Waals surface area contributed by atoms with Crippen molar-refractivity contribution in [2.24, 2.45) is 0 Å². The molecule has 0 amide bonds. The van der Waals surface area contributed by atoms with Crippen LogP contribution in [0, 0.1) is 0 Å². The molecule has 0 atom stereocenters. The minimum Gasteiger partial charge on any atom is -0.350 e. The van der Waals surface area contributed by atoms with Gasteiger partial charge in [0, 0.05) is 24.6 Å². The number of hydrogen-bond acceptors (Lipinski definition) is 3. The van der Waals surface area contributed by atoms with Gasteiger partial charge in [0.05, 0.1) is 0 Å². The van der Waals surface area contributed by atoms with Crippen LogP contribution in [0.1, 0.15) is 45.0 Å². The zero-order valence-electron chi connectivity index (χ0n) is 13.1. The highest BCUT2D eigenvalue weighted by Gasteiger charge is 2.15. The van der Waals surface area contributed by atoms with Crippen molar-refractivity contribution in [3.05, 3.63) is 58.1 Å². The summed E-state index contributed by atoms with van der Waals surface area (Å²) < 4.78 is 0. The van der Waals surface area contributed by atoms with Gasteiger partial charge >= 0.3 is 0 Å². The summed E-state index contributed by atoms with van der Waals surface area (Å²) in [4.78, 5) is 21.5. The third kappa shape index (κ3) is 3.94. The third-order valence-electron chi connectivity index (χ3n) is 3.41. The van der Waals surface area contributed by atoms with Gasteiger partial charge in [0.15, 0.2) is 0 Å². The van der Waals surface area contributed by atoms with Crippen molar-refractivity contribution < 1.29 is 0 Å². The van der Waals surface area contributed by atoms with E-state index in [2.05, 4.69) is 40.8 Å². The number of rotatable bonds is 5. The van der Waals surface area contributed by atoms with Crippen molar-refractivity contribution in [2.75, 3.05) is 4.90 Å². The first-order valence-electron chi connectivity index (χ1n) is 7.39. The summed E-state index contributed by atoms with van der Waals surface area (Å²) in [5.41, 5.74) is 1.11. The minimum absolute atomic E-state index is 0.0950. The predicted octanol–water partition coefficient (Wildman–Crippen LogP) is 3.31. The Morgan fingerprint density at radius 2 is 1.81 bits per heavy atom. The van der Waals surface area contributed by atoms with Crippen LogP contribution in [0.2, 0.25) is 0 Å². The van der Waals surface area contributed by atoms with Crippen molar-refractivity contribution in [1.29, 1.82) is 0 Å². The summed E-state index contributed by atoms with van der Waals surface area (Å²) >= 11 is 0. The molecule has 0 aliphatic heterocycles. The number of nitrogens with zero attached hydrogens (tertiary/aromatic N) is 2. The maximum Gasteiger partial charge on any atom is 0.252 e. The molecule has 21 heavy (non-hydrogen) atoms. The van der Waals surface area contributed by atoms with E-state index in [1.54, 1.807) is 6.07 Å². The smallest absolute Gasteiger partial charge is 0.252 e. The van der Waals surface area contributed by atoms with E-state index in [0.717, 1.165) is 18.2 Å². The van der Waals surface area contributed by atoms with E-state index in [1.165, 1.54) is 5.56 Å². The van der Waals surface area contributed by atoms with Gasteiger partial charge in [-0.05, 0) is 19.4 Å². The molecule has 4 heteroatoms. The van der Waals surface area contributed by atoms with Crippen molar-refractivity contribution in [3.63, 3.8) is 0 Å². The monoisotopic (exact) mass is 285 g/mol. The zero-order valence-corrected chi connectivity index (χ0v) is 13.1. The van der Waals surface area contributed by atoms with Gasteiger partial charge in [0.2, 0.25) is 0 Å². The third-order valence-corrected chi connectivity index (χ3v) is 3.41. The predicted molar refractivity (Wildman–Crippen MR) is 86.7 cm³/mol. The average molecular weight is 285 g/mol. The first kappa shape index (κ1) is 15.3. The number of aromatic nitrogens is 2. The molecule has 4 nitrogen and oxygen atoms in total. The lowest BCUT2D eigenvalue weighted by Gasteiger charge is -2.28. The van der Waals surface area contributed by atoms with Gasteiger partial charge in [0.25, 0.3) is 5.56 Å². The standard InChI is InChI=1S/C17H23N3O/c1-12(2)17-18-15(10-16(21)19-17)20(13(3)4)11-14-8-6-5-7-9-14/h5-10,12-13H,11H2,1-4H3,(H,18,19,21). The van der Waals surface area contributed by atoms with Crippen LogP contribution >= 0.6 is 0 Å². The molecule has 0 spiro atoms. The molecule has 0 fully saturated rings. The fourth-order valence-corrected chi connectivity index (χ4v) is 2.19. The van der Waals surface area contributed by atoms with Gasteiger partial charge in [-0.3, -0.25) is 4.79 Å². The molecule has 112 valence electrons. The Morgan fingerprint density at radius 1 is 1.14 bits per heavy atom. The zero-order chi connectivity index (χ0) is 15.4. The fourth-order valence-electron chi connectivity index (χ4n) is 2.19. The largest absolute Gasteiger partial charge is 0.350 e. The van der Waals surface area contributed by atoms with Crippen molar-refractivity contribution in [2.45, 2.75) is 46.2 Å². The molecule has 0 aliphatic rings. The highest BCUT2D eigenvalue weighted by atomic mass is 16.1. The summed E-state index contributed by atoms with van der Waals surface area (Å²) in [6, 6.07) is 12.1. The van der Waals surface area contributed by atoms with Crippen LogP contribution < -0.4 is 10.5 Å². The maximum absolute atomic E-state index is 11.9. The first-order valence-corrected chi connectivity index (χ1v) is 7.39. The minimum atomic E-state index is -0.0950. The Bertz CT molecular complexity index is 632. The number of hydrogen-bond donors (Lipinski definition) is 1. The van der Waals surface area contributed by atoms with Gasteiger partial charge in [-0.1, -0.05) is 44.2 Å². The number of H-pyrrole nitrogens is 1. The van der Waals surface area contributed by atoms with E-state index in [9.17, 15) is 4.79 Å². The number of aromatic amines is 1. The SMILES string of the molecule is CC(C)c1nc(N(Cc2ccccc2)C(C)C)cc(=O)[nH]1. The van der Waals surface area contributed by atoms with E-state index < -0.39 is 0 Å². The van der Waals surface area contributed by atoms with Crippen molar-refractivity contribution in [3.8, 4) is 0 Å². The number of anilines is 1. The molecule has 2 rings (SSSR count). The van der Waals surface area contributed by atoms with Gasteiger partial charge in [-0.2, -0.15) is 0 Å². The molecule has 2 aromatic rings. The Labute approximate surface area is 125 Å². The molecule has 0 saturated heterocycles. The van der Waals surface area contributed by atoms with Crippen LogP contribution in [0.5, 0.6) is 0 Å². The molecule has 1 aromatic heterocycles. The molecule has 0 aliphatic carbocycles. The van der Waals surface area contributed by atoms with Gasteiger partial charge in [0.1, 0.15) is 11.6 Å². The fraction of sp³-hybridized carbons (Fsp3) is 0.412. The molecular formula is C17H23N3O. The van der Waals surface area contributed by atoms with Gasteiger partial charge < -0.3 is 9.88 Å². The summed E-state index contributed by atoms with van der Waals surface area (Å²) in [7, 11) is 0. The van der Waals surface area contributed by atoms with Crippen LogP contribution in [0.15, 0.2) is 41.2 Å². The van der Waals surface area contributed by atoms with Crippen LogP contribution in [0.4, 0.5) is 5.82 Å².